The third kappa shape index (κ3) is 3.11. The summed E-state index contributed by atoms with van der Waals surface area (Å²) < 4.78 is 11.0. The Balaban J connectivity index is 2.21. The van der Waals surface area contributed by atoms with E-state index in [2.05, 4.69) is 37.7 Å². The van der Waals surface area contributed by atoms with E-state index >= 15 is 0 Å². The first-order valence-corrected chi connectivity index (χ1v) is 7.10. The summed E-state index contributed by atoms with van der Waals surface area (Å²) in [5.41, 5.74) is 0.909. The number of ether oxygens (including phenoxy) is 2. The number of aryl methyl sites for hydroxylation is 1. The van der Waals surface area contributed by atoms with Gasteiger partial charge in [-0.2, -0.15) is 4.98 Å². The fourth-order valence-corrected chi connectivity index (χ4v) is 2.42. The van der Waals surface area contributed by atoms with Gasteiger partial charge in [-0.3, -0.25) is 0 Å². The number of morpholine rings is 1. The SMILES string of the molecule is COc1cc(C)nc(N2CC(C)OC(CBr)C2)n1. The quantitative estimate of drug-likeness (QED) is 0.796. The van der Waals surface area contributed by atoms with Crippen LogP contribution in [0.25, 0.3) is 0 Å². The lowest BCUT2D eigenvalue weighted by molar-refractivity contribution is -0.00253. The van der Waals surface area contributed by atoms with Gasteiger partial charge in [-0.25, -0.2) is 4.98 Å². The van der Waals surface area contributed by atoms with Crippen LogP contribution in [-0.4, -0.2) is 47.7 Å². The largest absolute Gasteiger partial charge is 0.481 e. The molecule has 1 aromatic heterocycles. The first-order chi connectivity index (χ1) is 8.62. The van der Waals surface area contributed by atoms with E-state index in [0.717, 1.165) is 24.1 Å². The number of aromatic nitrogens is 2. The molecule has 5 nitrogen and oxygen atoms in total. The molecule has 1 saturated heterocycles. The van der Waals surface area contributed by atoms with E-state index in [1.165, 1.54) is 0 Å². The summed E-state index contributed by atoms with van der Waals surface area (Å²) in [6, 6.07) is 1.83. The number of rotatable bonds is 3. The third-order valence-electron chi connectivity index (χ3n) is 2.81. The van der Waals surface area contributed by atoms with Gasteiger partial charge >= 0.3 is 0 Å². The number of methoxy groups -OCH3 is 1. The Morgan fingerprint density at radius 1 is 1.50 bits per heavy atom. The van der Waals surface area contributed by atoms with Crippen LogP contribution >= 0.6 is 15.9 Å². The molecule has 2 unspecified atom stereocenters. The predicted molar refractivity (Wildman–Crippen MR) is 73.7 cm³/mol. The Morgan fingerprint density at radius 2 is 2.28 bits per heavy atom. The summed E-state index contributed by atoms with van der Waals surface area (Å²) in [6.07, 6.45) is 0.347. The van der Waals surface area contributed by atoms with Gasteiger partial charge in [0.1, 0.15) is 0 Å². The Bertz CT molecular complexity index is 416. The molecule has 2 heterocycles. The number of nitrogens with zero attached hydrogens (tertiary/aromatic N) is 3. The zero-order valence-corrected chi connectivity index (χ0v) is 12.5. The average molecular weight is 316 g/mol. The number of hydrogen-bond donors (Lipinski definition) is 0. The van der Waals surface area contributed by atoms with Crippen molar-refractivity contribution >= 4 is 21.9 Å². The predicted octanol–water partition coefficient (Wildman–Crippen LogP) is 1.78. The maximum Gasteiger partial charge on any atom is 0.229 e. The molecule has 0 bridgehead atoms. The normalized spacial score (nSPS) is 24.1. The van der Waals surface area contributed by atoms with Crippen LogP contribution < -0.4 is 9.64 Å². The van der Waals surface area contributed by atoms with E-state index in [1.807, 2.05) is 13.0 Å². The van der Waals surface area contributed by atoms with Crippen molar-refractivity contribution < 1.29 is 9.47 Å². The number of halogens is 1. The second kappa shape index (κ2) is 5.84. The summed E-state index contributed by atoms with van der Waals surface area (Å²) in [4.78, 5) is 11.0. The second-order valence-corrected chi connectivity index (χ2v) is 5.13. The number of hydrogen-bond acceptors (Lipinski definition) is 5. The summed E-state index contributed by atoms with van der Waals surface area (Å²) in [5.74, 6) is 1.32. The van der Waals surface area contributed by atoms with Gasteiger partial charge in [-0.15, -0.1) is 0 Å². The first-order valence-electron chi connectivity index (χ1n) is 5.98. The molecular weight excluding hydrogens is 298 g/mol. The van der Waals surface area contributed by atoms with Crippen molar-refractivity contribution in [3.05, 3.63) is 11.8 Å². The molecule has 2 rings (SSSR count). The van der Waals surface area contributed by atoms with Crippen LogP contribution in [0.15, 0.2) is 6.07 Å². The monoisotopic (exact) mass is 315 g/mol. The van der Waals surface area contributed by atoms with E-state index in [4.69, 9.17) is 9.47 Å². The Hall–Kier alpha value is -0.880. The maximum absolute atomic E-state index is 5.80. The van der Waals surface area contributed by atoms with Crippen LogP contribution in [0.5, 0.6) is 5.88 Å². The van der Waals surface area contributed by atoms with Gasteiger partial charge < -0.3 is 14.4 Å². The van der Waals surface area contributed by atoms with Gasteiger partial charge in [0.05, 0.1) is 19.3 Å². The highest BCUT2D eigenvalue weighted by Crippen LogP contribution is 2.20. The van der Waals surface area contributed by atoms with E-state index in [0.29, 0.717) is 11.8 Å². The van der Waals surface area contributed by atoms with Gasteiger partial charge in [0.2, 0.25) is 11.8 Å². The highest BCUT2D eigenvalue weighted by atomic mass is 79.9. The van der Waals surface area contributed by atoms with E-state index < -0.39 is 0 Å². The van der Waals surface area contributed by atoms with Crippen molar-refractivity contribution in [3.8, 4) is 5.88 Å². The van der Waals surface area contributed by atoms with Crippen LogP contribution in [0.3, 0.4) is 0 Å². The Kier molecular flexibility index (Phi) is 4.40. The molecule has 0 saturated carbocycles. The van der Waals surface area contributed by atoms with Crippen molar-refractivity contribution in [3.63, 3.8) is 0 Å². The van der Waals surface area contributed by atoms with Crippen molar-refractivity contribution in [2.45, 2.75) is 26.1 Å². The molecule has 6 heteroatoms. The minimum Gasteiger partial charge on any atom is -0.481 e. The van der Waals surface area contributed by atoms with E-state index in [1.54, 1.807) is 7.11 Å². The summed E-state index contributed by atoms with van der Waals surface area (Å²) in [7, 11) is 1.62. The minimum atomic E-state index is 0.170. The standard InChI is InChI=1S/C12H18BrN3O2/c1-8-4-11(17-3)15-12(14-8)16-6-9(2)18-10(5-13)7-16/h4,9-10H,5-7H2,1-3H3. The van der Waals surface area contributed by atoms with Crippen molar-refractivity contribution in [2.75, 3.05) is 30.4 Å². The van der Waals surface area contributed by atoms with Gasteiger partial charge in [-0.1, -0.05) is 15.9 Å². The molecule has 0 aromatic carbocycles. The van der Waals surface area contributed by atoms with Gasteiger partial charge in [-0.05, 0) is 13.8 Å². The minimum absolute atomic E-state index is 0.170. The smallest absolute Gasteiger partial charge is 0.229 e. The lowest BCUT2D eigenvalue weighted by Crippen LogP contribution is -2.48. The first kappa shape index (κ1) is 13.5. The molecule has 18 heavy (non-hydrogen) atoms. The van der Waals surface area contributed by atoms with Crippen LogP contribution in [0, 0.1) is 6.92 Å². The zero-order valence-electron chi connectivity index (χ0n) is 10.9. The molecule has 0 N–H and O–H groups in total. The maximum atomic E-state index is 5.80. The summed E-state index contributed by atoms with van der Waals surface area (Å²) >= 11 is 3.46. The molecule has 0 aliphatic carbocycles. The van der Waals surface area contributed by atoms with Crippen LogP contribution in [0.2, 0.25) is 0 Å². The van der Waals surface area contributed by atoms with Crippen LogP contribution in [0.1, 0.15) is 12.6 Å². The summed E-state index contributed by atoms with van der Waals surface area (Å²) in [6.45, 7) is 5.60. The lowest BCUT2D eigenvalue weighted by atomic mass is 10.2. The Morgan fingerprint density at radius 3 is 2.94 bits per heavy atom. The molecule has 0 spiro atoms. The molecule has 0 amide bonds. The highest BCUT2D eigenvalue weighted by Gasteiger charge is 2.26. The lowest BCUT2D eigenvalue weighted by Gasteiger charge is -2.36. The molecule has 2 atom stereocenters. The molecule has 1 fully saturated rings. The van der Waals surface area contributed by atoms with Crippen molar-refractivity contribution in [2.24, 2.45) is 0 Å². The number of alkyl halides is 1. The zero-order chi connectivity index (χ0) is 13.1. The average Bonchev–Trinajstić information content (AvgIpc) is 2.37. The third-order valence-corrected chi connectivity index (χ3v) is 3.53. The highest BCUT2D eigenvalue weighted by molar-refractivity contribution is 9.09. The number of anilines is 1. The van der Waals surface area contributed by atoms with Gasteiger partial charge in [0.25, 0.3) is 0 Å². The molecule has 0 radical (unpaired) electrons. The van der Waals surface area contributed by atoms with Crippen molar-refractivity contribution in [1.82, 2.24) is 9.97 Å². The molecule has 100 valence electrons. The Labute approximate surface area is 116 Å². The van der Waals surface area contributed by atoms with Gasteiger partial charge in [0.15, 0.2) is 0 Å². The second-order valence-electron chi connectivity index (χ2n) is 4.48. The molecule has 1 aliphatic rings. The van der Waals surface area contributed by atoms with Crippen LogP contribution in [0.4, 0.5) is 5.95 Å². The topological polar surface area (TPSA) is 47.5 Å². The van der Waals surface area contributed by atoms with E-state index in [-0.39, 0.29) is 12.2 Å². The fraction of sp³-hybridized carbons (Fsp3) is 0.667. The summed E-state index contributed by atoms with van der Waals surface area (Å²) in [5, 5.41) is 0.816. The van der Waals surface area contributed by atoms with Gasteiger partial charge in [0, 0.05) is 30.2 Å². The molecular formula is C12H18BrN3O2. The van der Waals surface area contributed by atoms with Crippen molar-refractivity contribution in [1.29, 1.82) is 0 Å². The van der Waals surface area contributed by atoms with E-state index in [9.17, 15) is 0 Å². The molecule has 1 aromatic rings. The fourth-order valence-electron chi connectivity index (χ4n) is 2.06. The molecule has 1 aliphatic heterocycles. The van der Waals surface area contributed by atoms with Crippen LogP contribution in [-0.2, 0) is 4.74 Å².